The summed E-state index contributed by atoms with van der Waals surface area (Å²) in [7, 11) is -2.12. The molecule has 21 heavy (non-hydrogen) atoms. The van der Waals surface area contributed by atoms with Crippen molar-refractivity contribution in [3.8, 4) is 6.07 Å². The molecule has 0 saturated heterocycles. The molecular formula is C15H15N3O2S. The van der Waals surface area contributed by atoms with Crippen molar-refractivity contribution in [2.45, 2.75) is 11.4 Å². The highest BCUT2D eigenvalue weighted by molar-refractivity contribution is 7.89. The highest BCUT2D eigenvalue weighted by Gasteiger charge is 2.21. The third-order valence-corrected chi connectivity index (χ3v) is 4.86. The maximum Gasteiger partial charge on any atom is 0.243 e. The number of nitriles is 1. The summed E-state index contributed by atoms with van der Waals surface area (Å²) in [6.45, 7) is 0.236. The Balaban J connectivity index is 2.26. The first-order chi connectivity index (χ1) is 9.93. The first kappa shape index (κ1) is 15.0. The molecule has 0 saturated carbocycles. The fourth-order valence-corrected chi connectivity index (χ4v) is 3.08. The van der Waals surface area contributed by atoms with Gasteiger partial charge in [0, 0.05) is 19.3 Å². The van der Waals surface area contributed by atoms with Crippen LogP contribution < -0.4 is 5.73 Å². The summed E-state index contributed by atoms with van der Waals surface area (Å²) in [6, 6.07) is 14.9. The Morgan fingerprint density at radius 3 is 2.48 bits per heavy atom. The monoisotopic (exact) mass is 301 g/mol. The van der Waals surface area contributed by atoms with Gasteiger partial charge in [-0.1, -0.05) is 18.2 Å². The third kappa shape index (κ3) is 3.40. The number of benzene rings is 2. The number of hydrogen-bond donors (Lipinski definition) is 1. The van der Waals surface area contributed by atoms with Crippen molar-refractivity contribution in [1.29, 1.82) is 5.26 Å². The highest BCUT2D eigenvalue weighted by Crippen LogP contribution is 2.18. The second kappa shape index (κ2) is 5.95. The predicted molar refractivity (Wildman–Crippen MR) is 80.7 cm³/mol. The molecule has 2 rings (SSSR count). The van der Waals surface area contributed by atoms with Crippen LogP contribution in [0.4, 0.5) is 5.69 Å². The number of anilines is 1. The van der Waals surface area contributed by atoms with Crippen LogP contribution in [0.2, 0.25) is 0 Å². The molecule has 108 valence electrons. The summed E-state index contributed by atoms with van der Waals surface area (Å²) in [5.41, 5.74) is 7.39. The average molecular weight is 301 g/mol. The van der Waals surface area contributed by atoms with Gasteiger partial charge in [0.25, 0.3) is 0 Å². The molecule has 0 radical (unpaired) electrons. The van der Waals surface area contributed by atoms with Crippen LogP contribution in [0.1, 0.15) is 11.1 Å². The Bertz CT molecular complexity index is 777. The van der Waals surface area contributed by atoms with E-state index in [1.807, 2.05) is 6.07 Å². The minimum Gasteiger partial charge on any atom is -0.399 e. The van der Waals surface area contributed by atoms with Gasteiger partial charge in [0.2, 0.25) is 10.0 Å². The van der Waals surface area contributed by atoms with E-state index in [1.165, 1.54) is 23.5 Å². The molecule has 2 N–H and O–H groups in total. The minimum absolute atomic E-state index is 0.111. The topological polar surface area (TPSA) is 87.2 Å². The van der Waals surface area contributed by atoms with Crippen molar-refractivity contribution in [1.82, 2.24) is 4.31 Å². The Morgan fingerprint density at radius 2 is 1.86 bits per heavy atom. The second-order valence-corrected chi connectivity index (χ2v) is 6.69. The SMILES string of the molecule is CN(Cc1ccc(N)cc1)S(=O)(=O)c1cccc(C#N)c1. The van der Waals surface area contributed by atoms with E-state index >= 15 is 0 Å². The van der Waals surface area contributed by atoms with Crippen molar-refractivity contribution in [2.24, 2.45) is 0 Å². The Labute approximate surface area is 124 Å². The lowest BCUT2D eigenvalue weighted by Crippen LogP contribution is -2.26. The average Bonchev–Trinajstić information content (AvgIpc) is 2.49. The zero-order valence-electron chi connectivity index (χ0n) is 11.5. The summed E-state index contributed by atoms with van der Waals surface area (Å²) in [5.74, 6) is 0. The first-order valence-corrected chi connectivity index (χ1v) is 7.68. The summed E-state index contributed by atoms with van der Waals surface area (Å²) >= 11 is 0. The fraction of sp³-hybridized carbons (Fsp3) is 0.133. The van der Waals surface area contributed by atoms with Crippen LogP contribution in [0.15, 0.2) is 53.4 Å². The van der Waals surface area contributed by atoms with Crippen molar-refractivity contribution in [3.05, 3.63) is 59.7 Å². The van der Waals surface area contributed by atoms with E-state index in [0.717, 1.165) is 5.56 Å². The molecule has 0 aromatic heterocycles. The smallest absolute Gasteiger partial charge is 0.243 e. The Kier molecular flexibility index (Phi) is 4.26. The van der Waals surface area contributed by atoms with Crippen molar-refractivity contribution in [3.63, 3.8) is 0 Å². The Morgan fingerprint density at radius 1 is 1.19 bits per heavy atom. The zero-order valence-corrected chi connectivity index (χ0v) is 12.3. The fourth-order valence-electron chi connectivity index (χ4n) is 1.87. The third-order valence-electron chi connectivity index (χ3n) is 3.06. The van der Waals surface area contributed by atoms with E-state index in [-0.39, 0.29) is 11.4 Å². The van der Waals surface area contributed by atoms with E-state index in [9.17, 15) is 8.42 Å². The van der Waals surface area contributed by atoms with Gasteiger partial charge in [-0.2, -0.15) is 9.57 Å². The van der Waals surface area contributed by atoms with Crippen LogP contribution in [0, 0.1) is 11.3 Å². The van der Waals surface area contributed by atoms with Crippen molar-refractivity contribution in [2.75, 3.05) is 12.8 Å². The van der Waals surface area contributed by atoms with Gasteiger partial charge in [0.05, 0.1) is 16.5 Å². The van der Waals surface area contributed by atoms with Crippen LogP contribution in [-0.2, 0) is 16.6 Å². The summed E-state index contributed by atoms with van der Waals surface area (Å²) < 4.78 is 26.2. The van der Waals surface area contributed by atoms with Crippen LogP contribution in [0.3, 0.4) is 0 Å². The van der Waals surface area contributed by atoms with Gasteiger partial charge in [-0.25, -0.2) is 8.42 Å². The molecule has 0 amide bonds. The molecule has 0 spiro atoms. The molecule has 0 unspecified atom stereocenters. The standard InChI is InChI=1S/C15H15N3O2S/c1-18(11-12-5-7-14(17)8-6-12)21(19,20)15-4-2-3-13(9-15)10-16/h2-9H,11,17H2,1H3. The zero-order chi connectivity index (χ0) is 15.5. The van der Waals surface area contributed by atoms with E-state index in [4.69, 9.17) is 11.0 Å². The molecule has 0 aliphatic carbocycles. The molecule has 6 heteroatoms. The van der Waals surface area contributed by atoms with Crippen LogP contribution in [-0.4, -0.2) is 19.8 Å². The number of hydrogen-bond acceptors (Lipinski definition) is 4. The van der Waals surface area contributed by atoms with Gasteiger partial charge in [0.1, 0.15) is 0 Å². The van der Waals surface area contributed by atoms with Gasteiger partial charge >= 0.3 is 0 Å². The normalized spacial score (nSPS) is 11.3. The lowest BCUT2D eigenvalue weighted by atomic mass is 10.2. The molecule has 0 fully saturated rings. The molecule has 0 bridgehead atoms. The quantitative estimate of drug-likeness (QED) is 0.874. The molecule has 2 aromatic carbocycles. The lowest BCUT2D eigenvalue weighted by Gasteiger charge is -2.17. The largest absolute Gasteiger partial charge is 0.399 e. The van der Waals surface area contributed by atoms with Crippen molar-refractivity contribution >= 4 is 15.7 Å². The van der Waals surface area contributed by atoms with Crippen molar-refractivity contribution < 1.29 is 8.42 Å². The molecular weight excluding hydrogens is 286 g/mol. The summed E-state index contributed by atoms with van der Waals surface area (Å²) in [6.07, 6.45) is 0. The van der Waals surface area contributed by atoms with Gasteiger partial charge in [-0.15, -0.1) is 0 Å². The van der Waals surface area contributed by atoms with Gasteiger partial charge in [-0.05, 0) is 35.9 Å². The molecule has 0 atom stereocenters. The number of nitrogens with zero attached hydrogens (tertiary/aromatic N) is 2. The highest BCUT2D eigenvalue weighted by atomic mass is 32.2. The summed E-state index contributed by atoms with van der Waals surface area (Å²) in [5, 5.41) is 8.86. The second-order valence-electron chi connectivity index (χ2n) is 4.64. The van der Waals surface area contributed by atoms with E-state index in [0.29, 0.717) is 11.3 Å². The van der Waals surface area contributed by atoms with Gasteiger partial charge < -0.3 is 5.73 Å². The van der Waals surface area contributed by atoms with Gasteiger partial charge in [0.15, 0.2) is 0 Å². The molecule has 2 aromatic rings. The maximum absolute atomic E-state index is 12.5. The van der Waals surface area contributed by atoms with Gasteiger partial charge in [-0.3, -0.25) is 0 Å². The maximum atomic E-state index is 12.5. The van der Waals surface area contributed by atoms with Crippen LogP contribution >= 0.6 is 0 Å². The number of rotatable bonds is 4. The predicted octanol–water partition coefficient (Wildman–Crippen LogP) is 1.96. The van der Waals surface area contributed by atoms with E-state index in [2.05, 4.69) is 0 Å². The molecule has 5 nitrogen and oxygen atoms in total. The van der Waals surface area contributed by atoms with E-state index < -0.39 is 10.0 Å². The number of nitrogens with two attached hydrogens (primary N) is 1. The minimum atomic E-state index is -3.63. The number of sulfonamides is 1. The molecule has 0 heterocycles. The number of nitrogen functional groups attached to an aromatic ring is 1. The lowest BCUT2D eigenvalue weighted by molar-refractivity contribution is 0.467. The van der Waals surface area contributed by atoms with Crippen LogP contribution in [0.5, 0.6) is 0 Å². The first-order valence-electron chi connectivity index (χ1n) is 6.24. The molecule has 0 aliphatic rings. The van der Waals surface area contributed by atoms with Crippen LogP contribution in [0.25, 0.3) is 0 Å². The molecule has 0 aliphatic heterocycles. The summed E-state index contributed by atoms with van der Waals surface area (Å²) in [4.78, 5) is 0.111. The van der Waals surface area contributed by atoms with E-state index in [1.54, 1.807) is 36.4 Å². The Hall–Kier alpha value is -2.36.